The Kier molecular flexibility index (Phi) is 5.16. The first-order valence-corrected chi connectivity index (χ1v) is 7.75. The largest absolute Gasteiger partial charge is 0.411 e. The molecule has 0 fully saturated rings. The van der Waals surface area contributed by atoms with Crippen molar-refractivity contribution in [2.75, 3.05) is 5.75 Å². The number of nitrogens with zero attached hydrogens (tertiary/aromatic N) is 1. The van der Waals surface area contributed by atoms with E-state index in [4.69, 9.17) is 16.8 Å². The maximum absolute atomic E-state index is 12.0. The molecule has 0 unspecified atom stereocenters. The van der Waals surface area contributed by atoms with E-state index in [1.165, 1.54) is 0 Å². The zero-order valence-corrected chi connectivity index (χ0v) is 11.9. The molecule has 0 spiro atoms. The Morgan fingerprint density at radius 1 is 1.44 bits per heavy atom. The van der Waals surface area contributed by atoms with Crippen LogP contribution in [-0.4, -0.2) is 30.3 Å². The molecule has 0 saturated carbocycles. The molecule has 1 aromatic carbocycles. The number of hydrogen-bond donors (Lipinski definition) is 1. The Morgan fingerprint density at radius 3 is 2.56 bits per heavy atom. The molecule has 0 heterocycles. The SMILES string of the molecule is CC[C@@H](/C(=N\O)c1cccc(Cl)c1)S(=O)(=O)CC. The van der Waals surface area contributed by atoms with Crippen LogP contribution in [0.5, 0.6) is 0 Å². The number of benzene rings is 1. The van der Waals surface area contributed by atoms with Crippen LogP contribution >= 0.6 is 11.6 Å². The fourth-order valence-corrected chi connectivity index (χ4v) is 3.40. The summed E-state index contributed by atoms with van der Waals surface area (Å²) in [7, 11) is -3.32. The first-order chi connectivity index (χ1) is 8.46. The standard InChI is InChI=1S/C12H16ClNO3S/c1-3-11(18(16,17)4-2)12(14-15)9-6-5-7-10(13)8-9/h5-8,11,15H,3-4H2,1-2H3/b14-12-/t11-/m0/s1. The number of halogens is 1. The third-order valence-electron chi connectivity index (χ3n) is 2.74. The monoisotopic (exact) mass is 289 g/mol. The molecule has 0 aliphatic carbocycles. The highest BCUT2D eigenvalue weighted by atomic mass is 35.5. The fourth-order valence-electron chi connectivity index (χ4n) is 1.77. The minimum Gasteiger partial charge on any atom is -0.411 e. The molecular weight excluding hydrogens is 274 g/mol. The molecule has 0 saturated heterocycles. The van der Waals surface area contributed by atoms with Gasteiger partial charge in [-0.15, -0.1) is 0 Å². The molecule has 1 aromatic rings. The molecule has 0 aliphatic rings. The number of oxime groups is 1. The van der Waals surface area contributed by atoms with Crippen molar-refractivity contribution in [3.05, 3.63) is 34.9 Å². The van der Waals surface area contributed by atoms with Gasteiger partial charge in [-0.1, -0.05) is 42.7 Å². The van der Waals surface area contributed by atoms with Crippen molar-refractivity contribution in [3.8, 4) is 0 Å². The van der Waals surface area contributed by atoms with Crippen molar-refractivity contribution < 1.29 is 13.6 Å². The van der Waals surface area contributed by atoms with Crippen LogP contribution < -0.4 is 0 Å². The van der Waals surface area contributed by atoms with Crippen molar-refractivity contribution in [3.63, 3.8) is 0 Å². The first kappa shape index (κ1) is 15.0. The Hall–Kier alpha value is -1.07. The average molecular weight is 290 g/mol. The van der Waals surface area contributed by atoms with Gasteiger partial charge >= 0.3 is 0 Å². The van der Waals surface area contributed by atoms with Crippen LogP contribution in [0.25, 0.3) is 0 Å². The Bertz CT molecular complexity index is 540. The van der Waals surface area contributed by atoms with Crippen LogP contribution in [0.4, 0.5) is 0 Å². The zero-order valence-electron chi connectivity index (χ0n) is 10.3. The van der Waals surface area contributed by atoms with Crippen LogP contribution in [0.3, 0.4) is 0 Å². The van der Waals surface area contributed by atoms with Crippen LogP contribution in [0.1, 0.15) is 25.8 Å². The maximum atomic E-state index is 12.0. The summed E-state index contributed by atoms with van der Waals surface area (Å²) in [6, 6.07) is 6.63. The molecular formula is C12H16ClNO3S. The lowest BCUT2D eigenvalue weighted by atomic mass is 10.1. The van der Waals surface area contributed by atoms with E-state index in [1.54, 1.807) is 38.1 Å². The smallest absolute Gasteiger partial charge is 0.158 e. The highest BCUT2D eigenvalue weighted by Crippen LogP contribution is 2.18. The minimum atomic E-state index is -3.32. The highest BCUT2D eigenvalue weighted by Gasteiger charge is 2.29. The van der Waals surface area contributed by atoms with Crippen LogP contribution in [0.15, 0.2) is 29.4 Å². The number of sulfone groups is 1. The molecule has 1 rings (SSSR count). The Balaban J connectivity index is 3.26. The first-order valence-electron chi connectivity index (χ1n) is 5.65. The summed E-state index contributed by atoms with van der Waals surface area (Å²) in [5, 5.41) is 11.9. The van der Waals surface area contributed by atoms with Gasteiger partial charge in [0, 0.05) is 16.3 Å². The van der Waals surface area contributed by atoms with Gasteiger partial charge in [0.2, 0.25) is 0 Å². The zero-order chi connectivity index (χ0) is 13.8. The predicted octanol–water partition coefficient (Wildman–Crippen LogP) is 2.73. The molecule has 1 atom stereocenters. The molecule has 4 nitrogen and oxygen atoms in total. The quantitative estimate of drug-likeness (QED) is 0.515. The molecule has 1 N–H and O–H groups in total. The van der Waals surface area contributed by atoms with Gasteiger partial charge in [-0.3, -0.25) is 0 Å². The second kappa shape index (κ2) is 6.20. The summed E-state index contributed by atoms with van der Waals surface area (Å²) < 4.78 is 23.9. The molecule has 0 aliphatic heterocycles. The summed E-state index contributed by atoms with van der Waals surface area (Å²) >= 11 is 5.86. The normalized spacial score (nSPS) is 14.5. The molecule has 6 heteroatoms. The Morgan fingerprint density at radius 2 is 2.11 bits per heavy atom. The van der Waals surface area contributed by atoms with E-state index in [0.29, 0.717) is 17.0 Å². The third-order valence-corrected chi connectivity index (χ3v) is 5.20. The van der Waals surface area contributed by atoms with Crippen molar-refractivity contribution in [1.29, 1.82) is 0 Å². The van der Waals surface area contributed by atoms with Crippen LogP contribution in [-0.2, 0) is 9.84 Å². The van der Waals surface area contributed by atoms with Gasteiger partial charge in [0.05, 0.1) is 0 Å². The Labute approximate surface area is 112 Å². The molecule has 0 radical (unpaired) electrons. The second-order valence-electron chi connectivity index (χ2n) is 3.84. The maximum Gasteiger partial charge on any atom is 0.158 e. The molecule has 0 amide bonds. The van der Waals surface area contributed by atoms with Gasteiger partial charge < -0.3 is 5.21 Å². The topological polar surface area (TPSA) is 66.7 Å². The van der Waals surface area contributed by atoms with Gasteiger partial charge in [-0.25, -0.2) is 8.42 Å². The predicted molar refractivity (Wildman–Crippen MR) is 73.3 cm³/mol. The van der Waals surface area contributed by atoms with Gasteiger partial charge in [0.1, 0.15) is 11.0 Å². The van der Waals surface area contributed by atoms with Gasteiger partial charge in [-0.2, -0.15) is 0 Å². The summed E-state index contributed by atoms with van der Waals surface area (Å²) in [6.07, 6.45) is 0.349. The number of rotatable bonds is 5. The summed E-state index contributed by atoms with van der Waals surface area (Å²) in [4.78, 5) is 0. The van der Waals surface area contributed by atoms with Crippen molar-refractivity contribution in [2.24, 2.45) is 5.16 Å². The van der Waals surface area contributed by atoms with E-state index in [9.17, 15) is 8.42 Å². The van der Waals surface area contributed by atoms with E-state index in [1.807, 2.05) is 0 Å². The molecule has 18 heavy (non-hydrogen) atoms. The van der Waals surface area contributed by atoms with E-state index >= 15 is 0 Å². The van der Waals surface area contributed by atoms with Gasteiger partial charge in [-0.05, 0) is 18.6 Å². The molecule has 100 valence electrons. The average Bonchev–Trinajstić information content (AvgIpc) is 2.35. The van der Waals surface area contributed by atoms with Crippen molar-refractivity contribution in [1.82, 2.24) is 0 Å². The van der Waals surface area contributed by atoms with E-state index in [0.717, 1.165) is 0 Å². The van der Waals surface area contributed by atoms with Gasteiger partial charge in [0.25, 0.3) is 0 Å². The van der Waals surface area contributed by atoms with Crippen molar-refractivity contribution in [2.45, 2.75) is 25.5 Å². The van der Waals surface area contributed by atoms with Gasteiger partial charge in [0.15, 0.2) is 9.84 Å². The second-order valence-corrected chi connectivity index (χ2v) is 6.75. The lowest BCUT2D eigenvalue weighted by Crippen LogP contribution is -2.31. The van der Waals surface area contributed by atoms with Crippen LogP contribution in [0, 0.1) is 0 Å². The fraction of sp³-hybridized carbons (Fsp3) is 0.417. The van der Waals surface area contributed by atoms with E-state index in [-0.39, 0.29) is 11.5 Å². The van der Waals surface area contributed by atoms with E-state index in [2.05, 4.69) is 5.16 Å². The minimum absolute atomic E-state index is 0.00505. The highest BCUT2D eigenvalue weighted by molar-refractivity contribution is 7.92. The van der Waals surface area contributed by atoms with E-state index < -0.39 is 15.1 Å². The number of hydrogen-bond acceptors (Lipinski definition) is 4. The lowest BCUT2D eigenvalue weighted by molar-refractivity contribution is 0.318. The third kappa shape index (κ3) is 3.23. The van der Waals surface area contributed by atoms with Crippen LogP contribution in [0.2, 0.25) is 5.02 Å². The lowest BCUT2D eigenvalue weighted by Gasteiger charge is -2.16. The molecule has 0 aromatic heterocycles. The summed E-state index contributed by atoms with van der Waals surface area (Å²) in [6.45, 7) is 3.32. The summed E-state index contributed by atoms with van der Waals surface area (Å²) in [5.41, 5.74) is 0.663. The summed E-state index contributed by atoms with van der Waals surface area (Å²) in [5.74, 6) is 0.00505. The van der Waals surface area contributed by atoms with Crippen molar-refractivity contribution >= 4 is 27.1 Å². The molecule has 0 bridgehead atoms.